The first-order valence-corrected chi connectivity index (χ1v) is 15.5. The zero-order chi connectivity index (χ0) is 12.3. The summed E-state index contributed by atoms with van der Waals surface area (Å²) in [6.45, 7) is 18.2. The first-order chi connectivity index (χ1) is 6.41. The second-order valence-corrected chi connectivity index (χ2v) is 19.9. The number of rotatable bonds is 0. The van der Waals surface area contributed by atoms with Crippen LogP contribution in [0.15, 0.2) is 0 Å². The van der Waals surface area contributed by atoms with E-state index in [0.717, 1.165) is 0 Å². The Balaban J connectivity index is 4.82. The molecule has 0 saturated carbocycles. The van der Waals surface area contributed by atoms with E-state index in [1.165, 1.54) is 0 Å². The third kappa shape index (κ3) is 10.1. The molecule has 0 aromatic heterocycles. The summed E-state index contributed by atoms with van der Waals surface area (Å²) in [5.41, 5.74) is 13.9. The zero-order valence-corrected chi connectivity index (χ0v) is 14.5. The Bertz CT molecular complexity index is 298. The van der Waals surface area contributed by atoms with Crippen LogP contribution in [0.25, 0.3) is 0 Å². The van der Waals surface area contributed by atoms with Gasteiger partial charge in [0.25, 0.3) is 0 Å². The molecule has 0 spiro atoms. The van der Waals surface area contributed by atoms with Crippen molar-refractivity contribution in [1.29, 1.82) is 0 Å². The van der Waals surface area contributed by atoms with Gasteiger partial charge in [0.05, 0.1) is 0 Å². The van der Waals surface area contributed by atoms with Crippen molar-refractivity contribution < 1.29 is 0 Å². The highest BCUT2D eigenvalue weighted by atomic mass is 28.3. The topological polar surface area (TPSA) is 0 Å². The zero-order valence-electron chi connectivity index (χ0n) is 11.5. The molecular formula is C12H24Si3. The molecule has 0 fully saturated rings. The summed E-state index contributed by atoms with van der Waals surface area (Å²) < 4.78 is 0. The van der Waals surface area contributed by atoms with E-state index in [9.17, 15) is 0 Å². The van der Waals surface area contributed by atoms with Gasteiger partial charge in [-0.2, -0.15) is 0 Å². The summed E-state index contributed by atoms with van der Waals surface area (Å²) in [5.74, 6) is 0. The average molecular weight is 253 g/mol. The van der Waals surface area contributed by atoms with Crippen LogP contribution in [0.5, 0.6) is 0 Å². The van der Waals surface area contributed by atoms with E-state index in [4.69, 9.17) is 0 Å². The van der Waals surface area contributed by atoms with Crippen LogP contribution in [0.1, 0.15) is 0 Å². The molecule has 84 valence electrons. The molecule has 0 atom stereocenters. The molecule has 0 heterocycles. The first-order valence-electron chi connectivity index (χ1n) is 5.50. The van der Waals surface area contributed by atoms with E-state index in [-0.39, 0.29) is 0 Å². The van der Waals surface area contributed by atoms with Crippen LogP contribution < -0.4 is 0 Å². The molecule has 0 saturated heterocycles. The van der Waals surface area contributed by atoms with Gasteiger partial charge in [0.15, 0.2) is 0 Å². The van der Waals surface area contributed by atoms with E-state index in [1.807, 2.05) is 0 Å². The standard InChI is InChI=1S/C12H24Si3/c1-13(2,3)9-11-15(7,8)12-10-14(4,5)6/h1-8H3. The molecule has 0 N–H and O–H groups in total. The summed E-state index contributed by atoms with van der Waals surface area (Å²) in [5, 5.41) is 0. The van der Waals surface area contributed by atoms with Crippen molar-refractivity contribution in [2.75, 3.05) is 0 Å². The Labute approximate surface area is 98.9 Å². The smallest absolute Gasteiger partial charge is 0.138 e. The van der Waals surface area contributed by atoms with Crippen LogP contribution >= 0.6 is 0 Å². The van der Waals surface area contributed by atoms with Crippen LogP contribution in [-0.4, -0.2) is 24.2 Å². The molecule has 0 aromatic carbocycles. The van der Waals surface area contributed by atoms with Gasteiger partial charge in [-0.25, -0.2) is 0 Å². The monoisotopic (exact) mass is 252 g/mol. The van der Waals surface area contributed by atoms with Gasteiger partial charge in [-0.3, -0.25) is 0 Å². The predicted molar refractivity (Wildman–Crippen MR) is 79.7 cm³/mol. The highest BCUT2D eigenvalue weighted by Crippen LogP contribution is 2.04. The van der Waals surface area contributed by atoms with Crippen molar-refractivity contribution in [2.45, 2.75) is 52.4 Å². The number of hydrogen-bond donors (Lipinski definition) is 0. The molecule has 0 aliphatic carbocycles. The lowest BCUT2D eigenvalue weighted by atomic mass is 11.3. The fourth-order valence-electron chi connectivity index (χ4n) is 0.719. The predicted octanol–water partition coefficient (Wildman–Crippen LogP) is 3.53. The Morgan fingerprint density at radius 1 is 0.467 bits per heavy atom. The molecule has 3 heteroatoms. The number of hydrogen-bond acceptors (Lipinski definition) is 0. The largest absolute Gasteiger partial charge is 0.209 e. The lowest BCUT2D eigenvalue weighted by Gasteiger charge is -2.11. The minimum absolute atomic E-state index is 1.22. The van der Waals surface area contributed by atoms with E-state index in [1.54, 1.807) is 0 Å². The van der Waals surface area contributed by atoms with Gasteiger partial charge in [-0.1, -0.05) is 39.3 Å². The third-order valence-electron chi connectivity index (χ3n) is 1.50. The van der Waals surface area contributed by atoms with Gasteiger partial charge in [-0.15, -0.1) is 22.2 Å². The van der Waals surface area contributed by atoms with Crippen molar-refractivity contribution >= 4 is 24.2 Å². The van der Waals surface area contributed by atoms with Crippen LogP contribution in [0.4, 0.5) is 0 Å². The van der Waals surface area contributed by atoms with Gasteiger partial charge in [0.2, 0.25) is 8.07 Å². The normalized spacial score (nSPS) is 12.3. The van der Waals surface area contributed by atoms with E-state index in [2.05, 4.69) is 74.6 Å². The van der Waals surface area contributed by atoms with Gasteiger partial charge in [-0.05, 0) is 13.1 Å². The second kappa shape index (κ2) is 4.74. The Morgan fingerprint density at radius 2 is 0.733 bits per heavy atom. The molecule has 0 radical (unpaired) electrons. The SMILES string of the molecule is C[Si](C)(C)C#C[Si](C)(C)C#C[Si](C)(C)C. The minimum atomic E-state index is -1.58. The van der Waals surface area contributed by atoms with Crippen molar-refractivity contribution in [3.05, 3.63) is 0 Å². The Kier molecular flexibility index (Phi) is 4.67. The maximum atomic E-state index is 3.47. The first kappa shape index (κ1) is 14.8. The van der Waals surface area contributed by atoms with Crippen molar-refractivity contribution in [3.63, 3.8) is 0 Å². The van der Waals surface area contributed by atoms with E-state index < -0.39 is 24.2 Å². The summed E-state index contributed by atoms with van der Waals surface area (Å²) in [4.78, 5) is 0. The van der Waals surface area contributed by atoms with Crippen LogP contribution in [-0.2, 0) is 0 Å². The summed E-state index contributed by atoms with van der Waals surface area (Å²) >= 11 is 0. The van der Waals surface area contributed by atoms with Gasteiger partial charge in [0, 0.05) is 0 Å². The molecule has 0 aliphatic heterocycles. The van der Waals surface area contributed by atoms with E-state index >= 15 is 0 Å². The second-order valence-electron chi connectivity index (χ2n) is 6.62. The molecule has 0 unspecified atom stereocenters. The minimum Gasteiger partial charge on any atom is -0.138 e. The van der Waals surface area contributed by atoms with E-state index in [0.29, 0.717) is 0 Å². The Hall–Kier alpha value is -0.229. The molecular weight excluding hydrogens is 228 g/mol. The summed E-state index contributed by atoms with van der Waals surface area (Å²) in [6.07, 6.45) is 0. The fourth-order valence-corrected chi connectivity index (χ4v) is 6.28. The fraction of sp³-hybridized carbons (Fsp3) is 0.667. The quantitative estimate of drug-likeness (QED) is 0.457. The molecule has 15 heavy (non-hydrogen) atoms. The van der Waals surface area contributed by atoms with Crippen LogP contribution in [0, 0.1) is 22.2 Å². The average Bonchev–Trinajstić information content (AvgIpc) is 1.96. The summed E-state index contributed by atoms with van der Waals surface area (Å²) in [6, 6.07) is 0. The van der Waals surface area contributed by atoms with Crippen molar-refractivity contribution in [3.8, 4) is 22.2 Å². The highest BCUT2D eigenvalue weighted by molar-refractivity contribution is 6.96. The molecule has 0 nitrogen and oxygen atoms in total. The molecule has 0 rings (SSSR count). The van der Waals surface area contributed by atoms with Gasteiger partial charge in [0.1, 0.15) is 16.1 Å². The highest BCUT2D eigenvalue weighted by Gasteiger charge is 2.17. The lowest BCUT2D eigenvalue weighted by molar-refractivity contribution is 1.81. The third-order valence-corrected chi connectivity index (χ3v) is 5.25. The molecule has 0 bridgehead atoms. The molecule has 0 aliphatic rings. The maximum absolute atomic E-state index is 3.47. The van der Waals surface area contributed by atoms with Gasteiger partial charge >= 0.3 is 0 Å². The van der Waals surface area contributed by atoms with Crippen molar-refractivity contribution in [2.24, 2.45) is 0 Å². The summed E-state index contributed by atoms with van der Waals surface area (Å²) in [7, 11) is -4.03. The molecule has 0 aromatic rings. The maximum Gasteiger partial charge on any atom is 0.209 e. The van der Waals surface area contributed by atoms with Crippen LogP contribution in [0.2, 0.25) is 52.4 Å². The van der Waals surface area contributed by atoms with Gasteiger partial charge < -0.3 is 0 Å². The van der Waals surface area contributed by atoms with Crippen molar-refractivity contribution in [1.82, 2.24) is 0 Å². The van der Waals surface area contributed by atoms with Crippen LogP contribution in [0.3, 0.4) is 0 Å². The molecule has 0 amide bonds. The Morgan fingerprint density at radius 3 is 0.933 bits per heavy atom. The lowest BCUT2D eigenvalue weighted by Crippen LogP contribution is -2.27.